The Kier molecular flexibility index (Phi) is 3.90. The van der Waals surface area contributed by atoms with E-state index in [0.29, 0.717) is 24.4 Å². The fourth-order valence-corrected chi connectivity index (χ4v) is 2.69. The maximum atomic E-state index is 12.4. The molecule has 120 valence electrons. The Morgan fingerprint density at radius 3 is 2.61 bits per heavy atom. The molecule has 3 rings (SSSR count). The van der Waals surface area contributed by atoms with Gasteiger partial charge in [-0.15, -0.1) is 0 Å². The van der Waals surface area contributed by atoms with Gasteiger partial charge >= 0.3 is 0 Å². The molecule has 1 amide bonds. The SMILES string of the molecule is COc1ccc(-n2nc(C(=O)C(C)C)c3c2C(=O)NCC3)cc1. The zero-order valence-corrected chi connectivity index (χ0v) is 13.4. The quantitative estimate of drug-likeness (QED) is 0.876. The monoisotopic (exact) mass is 313 g/mol. The minimum atomic E-state index is -0.197. The number of methoxy groups -OCH3 is 1. The minimum absolute atomic E-state index is 0.0387. The highest BCUT2D eigenvalue weighted by atomic mass is 16.5. The summed E-state index contributed by atoms with van der Waals surface area (Å²) >= 11 is 0. The molecule has 0 aliphatic carbocycles. The molecule has 6 heteroatoms. The summed E-state index contributed by atoms with van der Waals surface area (Å²) in [5, 5.41) is 7.27. The van der Waals surface area contributed by atoms with Gasteiger partial charge in [0.05, 0.1) is 12.8 Å². The lowest BCUT2D eigenvalue weighted by atomic mass is 9.98. The van der Waals surface area contributed by atoms with E-state index in [2.05, 4.69) is 10.4 Å². The van der Waals surface area contributed by atoms with Gasteiger partial charge in [-0.3, -0.25) is 9.59 Å². The molecule has 0 spiro atoms. The molecule has 0 saturated carbocycles. The number of fused-ring (bicyclic) bond motifs is 1. The fraction of sp³-hybridized carbons (Fsp3) is 0.353. The molecular formula is C17H19N3O3. The lowest BCUT2D eigenvalue weighted by Gasteiger charge is -2.15. The van der Waals surface area contributed by atoms with Crippen LogP contribution in [0, 0.1) is 5.92 Å². The summed E-state index contributed by atoms with van der Waals surface area (Å²) in [4.78, 5) is 24.7. The van der Waals surface area contributed by atoms with Crippen molar-refractivity contribution < 1.29 is 14.3 Å². The standard InChI is InChI=1S/C17H19N3O3/c1-10(2)16(21)14-13-8-9-18-17(22)15(13)20(19-14)11-4-6-12(23-3)7-5-11/h4-7,10H,8-9H2,1-3H3,(H,18,22). The van der Waals surface area contributed by atoms with Gasteiger partial charge in [0.2, 0.25) is 0 Å². The second-order valence-corrected chi connectivity index (χ2v) is 5.81. The largest absolute Gasteiger partial charge is 0.497 e. The zero-order valence-electron chi connectivity index (χ0n) is 13.4. The summed E-state index contributed by atoms with van der Waals surface area (Å²) in [5.41, 5.74) is 2.32. The molecule has 0 atom stereocenters. The fourth-order valence-electron chi connectivity index (χ4n) is 2.69. The topological polar surface area (TPSA) is 73.2 Å². The van der Waals surface area contributed by atoms with Crippen LogP contribution in [-0.4, -0.2) is 35.1 Å². The summed E-state index contributed by atoms with van der Waals surface area (Å²) in [6.07, 6.45) is 0.616. The Balaban J connectivity index is 2.16. The maximum Gasteiger partial charge on any atom is 0.270 e. The van der Waals surface area contributed by atoms with Gasteiger partial charge in [0.15, 0.2) is 5.78 Å². The highest BCUT2D eigenvalue weighted by molar-refractivity contribution is 6.03. The number of benzene rings is 1. The number of carbonyl (C=O) groups excluding carboxylic acids is 2. The van der Waals surface area contributed by atoms with Crippen LogP contribution in [0.3, 0.4) is 0 Å². The molecule has 1 aliphatic rings. The van der Waals surface area contributed by atoms with E-state index in [1.807, 2.05) is 26.0 Å². The molecule has 0 bridgehead atoms. The molecule has 0 radical (unpaired) electrons. The third-order valence-corrected chi connectivity index (χ3v) is 3.93. The van der Waals surface area contributed by atoms with Gasteiger partial charge < -0.3 is 10.1 Å². The van der Waals surface area contributed by atoms with Crippen LogP contribution in [0.4, 0.5) is 0 Å². The van der Waals surface area contributed by atoms with Crippen LogP contribution in [0.1, 0.15) is 40.4 Å². The first-order valence-electron chi connectivity index (χ1n) is 7.61. The van der Waals surface area contributed by atoms with Gasteiger partial charge in [-0.25, -0.2) is 4.68 Å². The van der Waals surface area contributed by atoms with E-state index < -0.39 is 0 Å². The molecule has 1 aliphatic heterocycles. The molecule has 0 unspecified atom stereocenters. The van der Waals surface area contributed by atoms with E-state index >= 15 is 0 Å². The number of aromatic nitrogens is 2. The molecule has 1 aromatic heterocycles. The predicted molar refractivity (Wildman–Crippen MR) is 85.3 cm³/mol. The lowest BCUT2D eigenvalue weighted by molar-refractivity contribution is 0.0932. The van der Waals surface area contributed by atoms with E-state index in [0.717, 1.165) is 17.0 Å². The second-order valence-electron chi connectivity index (χ2n) is 5.81. The summed E-state index contributed by atoms with van der Waals surface area (Å²) < 4.78 is 6.71. The van der Waals surface area contributed by atoms with Crippen LogP contribution < -0.4 is 10.1 Å². The van der Waals surface area contributed by atoms with Crippen molar-refractivity contribution in [3.05, 3.63) is 41.2 Å². The van der Waals surface area contributed by atoms with Crippen LogP contribution in [0.25, 0.3) is 5.69 Å². The Hall–Kier alpha value is -2.63. The van der Waals surface area contributed by atoms with Gasteiger partial charge in [-0.1, -0.05) is 13.8 Å². The van der Waals surface area contributed by atoms with Gasteiger partial charge in [0.1, 0.15) is 17.1 Å². The first-order chi connectivity index (χ1) is 11.0. The smallest absolute Gasteiger partial charge is 0.270 e. The Bertz CT molecular complexity index is 760. The maximum absolute atomic E-state index is 12.4. The Labute approximate surface area is 134 Å². The highest BCUT2D eigenvalue weighted by Gasteiger charge is 2.30. The molecule has 1 N–H and O–H groups in total. The summed E-state index contributed by atoms with van der Waals surface area (Å²) in [7, 11) is 1.59. The second kappa shape index (κ2) is 5.87. The van der Waals surface area contributed by atoms with Crippen LogP contribution in [0.15, 0.2) is 24.3 Å². The van der Waals surface area contributed by atoms with Gasteiger partial charge in [0.25, 0.3) is 5.91 Å². The molecule has 1 aromatic carbocycles. The van der Waals surface area contributed by atoms with Crippen molar-refractivity contribution in [2.45, 2.75) is 20.3 Å². The summed E-state index contributed by atoms with van der Waals surface area (Å²) in [5.74, 6) is 0.321. The van der Waals surface area contributed by atoms with Crippen molar-refractivity contribution in [2.75, 3.05) is 13.7 Å². The van der Waals surface area contributed by atoms with Gasteiger partial charge in [-0.05, 0) is 30.7 Å². The van der Waals surface area contributed by atoms with Crippen molar-refractivity contribution in [1.29, 1.82) is 0 Å². The zero-order chi connectivity index (χ0) is 16.6. The van der Waals surface area contributed by atoms with E-state index in [1.165, 1.54) is 0 Å². The number of Topliss-reactive ketones (excluding diaryl/α,β-unsaturated/α-hetero) is 1. The lowest BCUT2D eigenvalue weighted by Crippen LogP contribution is -2.33. The number of ether oxygens (including phenoxy) is 1. The normalized spacial score (nSPS) is 13.7. The van der Waals surface area contributed by atoms with Gasteiger partial charge in [-0.2, -0.15) is 5.10 Å². The van der Waals surface area contributed by atoms with E-state index in [9.17, 15) is 9.59 Å². The third-order valence-electron chi connectivity index (χ3n) is 3.93. The van der Waals surface area contributed by atoms with Crippen molar-refractivity contribution in [2.24, 2.45) is 5.92 Å². The molecular weight excluding hydrogens is 294 g/mol. The average molecular weight is 313 g/mol. The number of amides is 1. The third kappa shape index (κ3) is 2.60. The number of nitrogens with one attached hydrogen (secondary N) is 1. The molecule has 0 saturated heterocycles. The minimum Gasteiger partial charge on any atom is -0.497 e. The molecule has 2 aromatic rings. The number of carbonyl (C=O) groups is 2. The number of nitrogens with zero attached hydrogens (tertiary/aromatic N) is 2. The Morgan fingerprint density at radius 1 is 1.30 bits per heavy atom. The van der Waals surface area contributed by atoms with Crippen LogP contribution in [0.2, 0.25) is 0 Å². The Morgan fingerprint density at radius 2 is 2.00 bits per heavy atom. The van der Waals surface area contributed by atoms with Gasteiger partial charge in [0, 0.05) is 18.0 Å². The highest BCUT2D eigenvalue weighted by Crippen LogP contribution is 2.25. The first kappa shape index (κ1) is 15.3. The van der Waals surface area contributed by atoms with E-state index in [4.69, 9.17) is 4.74 Å². The first-order valence-corrected chi connectivity index (χ1v) is 7.61. The number of hydrogen-bond donors (Lipinski definition) is 1. The van der Waals surface area contributed by atoms with Crippen molar-refractivity contribution >= 4 is 11.7 Å². The van der Waals surface area contributed by atoms with Crippen molar-refractivity contribution in [3.63, 3.8) is 0 Å². The van der Waals surface area contributed by atoms with Crippen molar-refractivity contribution in [1.82, 2.24) is 15.1 Å². The van der Waals surface area contributed by atoms with Crippen LogP contribution in [-0.2, 0) is 6.42 Å². The number of rotatable bonds is 4. The summed E-state index contributed by atoms with van der Waals surface area (Å²) in [6, 6.07) is 7.23. The molecule has 0 fully saturated rings. The van der Waals surface area contributed by atoms with E-state index in [-0.39, 0.29) is 17.6 Å². The molecule has 6 nitrogen and oxygen atoms in total. The predicted octanol–water partition coefficient (Wildman–Crippen LogP) is 2.01. The van der Waals surface area contributed by atoms with E-state index in [1.54, 1.807) is 23.9 Å². The van der Waals surface area contributed by atoms with Crippen LogP contribution in [0.5, 0.6) is 5.75 Å². The number of hydrogen-bond acceptors (Lipinski definition) is 4. The average Bonchev–Trinajstić information content (AvgIpc) is 2.95. The van der Waals surface area contributed by atoms with Crippen molar-refractivity contribution in [3.8, 4) is 11.4 Å². The summed E-state index contributed by atoms with van der Waals surface area (Å²) in [6.45, 7) is 4.20. The van der Waals surface area contributed by atoms with Crippen LogP contribution >= 0.6 is 0 Å². The number of ketones is 1. The molecule has 23 heavy (non-hydrogen) atoms. The molecule has 2 heterocycles.